The molecule has 0 spiro atoms. The molecule has 1 aromatic heterocycles. The number of hydrogen-bond donors (Lipinski definition) is 2. The molecule has 1 aromatic rings. The van der Waals surface area contributed by atoms with Crippen LogP contribution >= 0.6 is 11.3 Å². The van der Waals surface area contributed by atoms with Gasteiger partial charge < -0.3 is 10.4 Å². The van der Waals surface area contributed by atoms with Crippen LogP contribution in [0.25, 0.3) is 0 Å². The van der Waals surface area contributed by atoms with Gasteiger partial charge in [-0.3, -0.25) is 9.59 Å². The Balaban J connectivity index is 2.20. The van der Waals surface area contributed by atoms with E-state index >= 15 is 0 Å². The zero-order chi connectivity index (χ0) is 16.5. The maximum Gasteiger partial charge on any atom is 0.308 e. The number of amides is 1. The van der Waals surface area contributed by atoms with Crippen molar-refractivity contribution in [3.8, 4) is 0 Å². The number of nitrogens with one attached hydrogen (secondary N) is 1. The van der Waals surface area contributed by atoms with Crippen LogP contribution < -0.4 is 5.32 Å². The monoisotopic (exact) mass is 345 g/mol. The van der Waals surface area contributed by atoms with Crippen LogP contribution in [-0.2, 0) is 14.6 Å². The summed E-state index contributed by atoms with van der Waals surface area (Å²) in [4.78, 5) is 23.7. The molecule has 1 saturated carbocycles. The van der Waals surface area contributed by atoms with E-state index in [-0.39, 0.29) is 9.77 Å². The van der Waals surface area contributed by atoms with Crippen LogP contribution in [0.4, 0.5) is 0 Å². The van der Waals surface area contributed by atoms with Gasteiger partial charge in [-0.15, -0.1) is 11.3 Å². The lowest BCUT2D eigenvalue weighted by atomic mass is 9.74. The molecule has 2 atom stereocenters. The van der Waals surface area contributed by atoms with E-state index in [1.54, 1.807) is 6.92 Å². The summed E-state index contributed by atoms with van der Waals surface area (Å²) in [6.07, 6.45) is 3.91. The van der Waals surface area contributed by atoms with Crippen LogP contribution in [-0.4, -0.2) is 37.2 Å². The van der Waals surface area contributed by atoms with Crippen LogP contribution in [0, 0.1) is 5.92 Å². The van der Waals surface area contributed by atoms with Gasteiger partial charge in [0, 0.05) is 11.6 Å². The molecule has 6 nitrogen and oxygen atoms in total. The summed E-state index contributed by atoms with van der Waals surface area (Å²) in [5, 5.41) is 13.6. The number of thiophene rings is 1. The second-order valence-corrected chi connectivity index (χ2v) is 9.09. The van der Waals surface area contributed by atoms with E-state index in [9.17, 15) is 23.1 Å². The molecule has 1 fully saturated rings. The Labute approximate surface area is 133 Å². The summed E-state index contributed by atoms with van der Waals surface area (Å²) in [6, 6.07) is 1.33. The van der Waals surface area contributed by atoms with Crippen molar-refractivity contribution in [1.82, 2.24) is 5.32 Å². The Kier molecular flexibility index (Phi) is 4.62. The number of carbonyl (C=O) groups is 2. The Bertz CT molecular complexity index is 694. The van der Waals surface area contributed by atoms with E-state index in [0.717, 1.165) is 30.4 Å². The predicted molar refractivity (Wildman–Crippen MR) is 82.9 cm³/mol. The van der Waals surface area contributed by atoms with Crippen molar-refractivity contribution < 1.29 is 23.1 Å². The first-order valence-corrected chi connectivity index (χ1v) is 9.74. The summed E-state index contributed by atoms with van der Waals surface area (Å²) in [6.45, 7) is 1.74. The lowest BCUT2D eigenvalue weighted by molar-refractivity contribution is -0.145. The molecule has 0 unspecified atom stereocenters. The normalized spacial score (nSPS) is 25.6. The van der Waals surface area contributed by atoms with Gasteiger partial charge in [0.1, 0.15) is 4.21 Å². The first-order valence-electron chi connectivity index (χ1n) is 6.97. The third-order valence-electron chi connectivity index (χ3n) is 4.11. The second-order valence-electron chi connectivity index (χ2n) is 5.93. The molecule has 0 saturated heterocycles. The highest BCUT2D eigenvalue weighted by atomic mass is 32.2. The minimum absolute atomic E-state index is 0.126. The standard InChI is InChI=1S/C14H19NO5S2/c1-14(6-4-3-5-10(14)13(17)18)15-12(16)9-7-11(21-8-9)22(2,19)20/h7-8,10H,3-6H2,1-2H3,(H,15,16)(H,17,18)/t10-,14-/m1/s1. The molecule has 0 aromatic carbocycles. The molecule has 1 aliphatic carbocycles. The Hall–Kier alpha value is -1.41. The molecule has 0 aliphatic heterocycles. The average molecular weight is 345 g/mol. The summed E-state index contributed by atoms with van der Waals surface area (Å²) in [5.74, 6) is -1.97. The van der Waals surface area contributed by atoms with E-state index in [0.29, 0.717) is 12.8 Å². The molecule has 22 heavy (non-hydrogen) atoms. The second kappa shape index (κ2) is 6.00. The maximum absolute atomic E-state index is 12.3. The van der Waals surface area contributed by atoms with Crippen molar-refractivity contribution in [2.75, 3.05) is 6.26 Å². The van der Waals surface area contributed by atoms with Gasteiger partial charge in [-0.2, -0.15) is 0 Å². The van der Waals surface area contributed by atoms with Crippen molar-refractivity contribution in [3.63, 3.8) is 0 Å². The van der Waals surface area contributed by atoms with E-state index in [1.165, 1.54) is 11.4 Å². The van der Waals surface area contributed by atoms with Gasteiger partial charge in [-0.25, -0.2) is 8.42 Å². The van der Waals surface area contributed by atoms with Crippen LogP contribution in [0.3, 0.4) is 0 Å². The van der Waals surface area contributed by atoms with Gasteiger partial charge in [-0.05, 0) is 25.8 Å². The van der Waals surface area contributed by atoms with Crippen molar-refractivity contribution in [2.24, 2.45) is 5.92 Å². The first-order chi connectivity index (χ1) is 10.1. The number of aliphatic carboxylic acids is 1. The zero-order valence-corrected chi connectivity index (χ0v) is 14.1. The highest BCUT2D eigenvalue weighted by molar-refractivity contribution is 7.92. The summed E-state index contributed by atoms with van der Waals surface area (Å²) in [7, 11) is -3.34. The number of carboxylic acid groups (broad SMARTS) is 1. The number of rotatable bonds is 4. The minimum atomic E-state index is -3.34. The van der Waals surface area contributed by atoms with E-state index < -0.39 is 33.2 Å². The summed E-state index contributed by atoms with van der Waals surface area (Å²) >= 11 is 0.988. The van der Waals surface area contributed by atoms with E-state index in [4.69, 9.17) is 0 Å². The largest absolute Gasteiger partial charge is 0.481 e. The average Bonchev–Trinajstić information content (AvgIpc) is 2.87. The number of sulfone groups is 1. The summed E-state index contributed by atoms with van der Waals surface area (Å²) < 4.78 is 23.1. The quantitative estimate of drug-likeness (QED) is 0.868. The number of carbonyl (C=O) groups excluding carboxylic acids is 1. The molecular formula is C14H19NO5S2. The molecule has 2 N–H and O–H groups in total. The lowest BCUT2D eigenvalue weighted by Crippen LogP contribution is -2.55. The molecule has 1 amide bonds. The highest BCUT2D eigenvalue weighted by Gasteiger charge is 2.42. The molecule has 1 heterocycles. The lowest BCUT2D eigenvalue weighted by Gasteiger charge is -2.39. The van der Waals surface area contributed by atoms with Crippen LogP contribution in [0.1, 0.15) is 43.0 Å². The topological polar surface area (TPSA) is 101 Å². The Morgan fingerprint density at radius 1 is 1.41 bits per heavy atom. The smallest absolute Gasteiger partial charge is 0.308 e. The Morgan fingerprint density at radius 2 is 2.09 bits per heavy atom. The SMILES string of the molecule is C[C@@]1(NC(=O)c2csc(S(C)(=O)=O)c2)CCCC[C@@H]1C(=O)O. The first kappa shape index (κ1) is 17.0. The van der Waals surface area contributed by atoms with E-state index in [2.05, 4.69) is 5.32 Å². The van der Waals surface area contributed by atoms with Crippen molar-refractivity contribution in [3.05, 3.63) is 17.0 Å². The molecule has 122 valence electrons. The molecule has 2 rings (SSSR count). The fraction of sp³-hybridized carbons (Fsp3) is 0.571. The van der Waals surface area contributed by atoms with Crippen LogP contribution in [0.5, 0.6) is 0 Å². The van der Waals surface area contributed by atoms with Crippen LogP contribution in [0.15, 0.2) is 15.7 Å². The van der Waals surface area contributed by atoms with Gasteiger partial charge >= 0.3 is 5.97 Å². The summed E-state index contributed by atoms with van der Waals surface area (Å²) in [5.41, 5.74) is -0.560. The fourth-order valence-corrected chi connectivity index (χ4v) is 4.64. The van der Waals surface area contributed by atoms with Gasteiger partial charge in [0.15, 0.2) is 9.84 Å². The third-order valence-corrected chi connectivity index (χ3v) is 6.88. The molecule has 0 bridgehead atoms. The van der Waals surface area contributed by atoms with Crippen molar-refractivity contribution >= 4 is 33.1 Å². The third kappa shape index (κ3) is 3.49. The number of carboxylic acids is 1. The molecule has 1 aliphatic rings. The maximum atomic E-state index is 12.3. The molecular weight excluding hydrogens is 326 g/mol. The predicted octanol–water partition coefficient (Wildman–Crippen LogP) is 1.91. The van der Waals surface area contributed by atoms with Crippen molar-refractivity contribution in [2.45, 2.75) is 42.4 Å². The molecule has 8 heteroatoms. The van der Waals surface area contributed by atoms with Gasteiger partial charge in [-0.1, -0.05) is 12.8 Å². The van der Waals surface area contributed by atoms with Crippen LogP contribution in [0.2, 0.25) is 0 Å². The number of hydrogen-bond acceptors (Lipinski definition) is 5. The van der Waals surface area contributed by atoms with Gasteiger partial charge in [0.2, 0.25) is 0 Å². The highest BCUT2D eigenvalue weighted by Crippen LogP contribution is 2.34. The van der Waals surface area contributed by atoms with Gasteiger partial charge in [0.05, 0.1) is 17.0 Å². The van der Waals surface area contributed by atoms with Gasteiger partial charge in [0.25, 0.3) is 5.91 Å². The Morgan fingerprint density at radius 3 is 2.64 bits per heavy atom. The minimum Gasteiger partial charge on any atom is -0.481 e. The van der Waals surface area contributed by atoms with E-state index in [1.807, 2.05) is 0 Å². The van der Waals surface area contributed by atoms with Crippen molar-refractivity contribution in [1.29, 1.82) is 0 Å². The zero-order valence-electron chi connectivity index (χ0n) is 12.5. The molecule has 0 radical (unpaired) electrons. The fourth-order valence-electron chi connectivity index (χ4n) is 2.84.